The molecular formula is C14H18N2O4. The second kappa shape index (κ2) is 5.92. The van der Waals surface area contributed by atoms with Crippen molar-refractivity contribution in [3.8, 4) is 11.5 Å². The summed E-state index contributed by atoms with van der Waals surface area (Å²) in [7, 11) is 4.64. The van der Waals surface area contributed by atoms with Gasteiger partial charge in [0.15, 0.2) is 11.5 Å². The lowest BCUT2D eigenvalue weighted by atomic mass is 10.1. The van der Waals surface area contributed by atoms with Gasteiger partial charge in [0.25, 0.3) is 0 Å². The summed E-state index contributed by atoms with van der Waals surface area (Å²) in [6, 6.07) is 5.08. The minimum Gasteiger partial charge on any atom is -0.493 e. The molecule has 1 aliphatic heterocycles. The molecule has 1 aliphatic rings. The number of rotatable bonds is 5. The van der Waals surface area contributed by atoms with Gasteiger partial charge < -0.3 is 14.8 Å². The Morgan fingerprint density at radius 3 is 2.60 bits per heavy atom. The van der Waals surface area contributed by atoms with Crippen LogP contribution < -0.4 is 14.8 Å². The maximum atomic E-state index is 11.8. The number of nitrogens with zero attached hydrogens (tertiary/aromatic N) is 1. The molecule has 1 heterocycles. The summed E-state index contributed by atoms with van der Waals surface area (Å²) in [6.07, 6.45) is 0.196. The Labute approximate surface area is 117 Å². The minimum absolute atomic E-state index is 0.162. The maximum absolute atomic E-state index is 11.8. The number of likely N-dealkylation sites (tertiary alicyclic amines) is 1. The third-order valence-corrected chi connectivity index (χ3v) is 3.40. The number of nitrogens with one attached hydrogen (secondary N) is 1. The normalized spacial score (nSPS) is 18.6. The SMILES string of the molecule is COc1cccc(CNC2CC(=O)N(C)C2=O)c1OC. The Balaban J connectivity index is 2.08. The van der Waals surface area contributed by atoms with Crippen molar-refractivity contribution in [3.63, 3.8) is 0 Å². The highest BCUT2D eigenvalue weighted by molar-refractivity contribution is 6.05. The molecule has 6 nitrogen and oxygen atoms in total. The fourth-order valence-corrected chi connectivity index (χ4v) is 2.24. The van der Waals surface area contributed by atoms with Gasteiger partial charge in [-0.15, -0.1) is 0 Å². The molecule has 108 valence electrons. The molecule has 0 radical (unpaired) electrons. The first kappa shape index (κ1) is 14.3. The van der Waals surface area contributed by atoms with Crippen molar-refractivity contribution in [2.24, 2.45) is 0 Å². The van der Waals surface area contributed by atoms with Crippen LogP contribution in [0, 0.1) is 0 Å². The van der Waals surface area contributed by atoms with Crippen LogP contribution in [0.2, 0.25) is 0 Å². The number of likely N-dealkylation sites (N-methyl/N-ethyl adjacent to an activating group) is 1. The van der Waals surface area contributed by atoms with E-state index in [2.05, 4.69) is 5.32 Å². The molecule has 1 saturated heterocycles. The van der Waals surface area contributed by atoms with Crippen LogP contribution in [-0.4, -0.2) is 44.0 Å². The second-order valence-electron chi connectivity index (χ2n) is 4.58. The third-order valence-electron chi connectivity index (χ3n) is 3.40. The van der Waals surface area contributed by atoms with Crippen LogP contribution in [0.5, 0.6) is 11.5 Å². The van der Waals surface area contributed by atoms with Crippen LogP contribution in [-0.2, 0) is 16.1 Å². The van der Waals surface area contributed by atoms with Crippen LogP contribution in [0.3, 0.4) is 0 Å². The summed E-state index contributed by atoms with van der Waals surface area (Å²) in [5, 5.41) is 3.09. The summed E-state index contributed by atoms with van der Waals surface area (Å²) < 4.78 is 10.5. The molecule has 0 spiro atoms. The van der Waals surface area contributed by atoms with Crippen molar-refractivity contribution < 1.29 is 19.1 Å². The number of para-hydroxylation sites is 1. The van der Waals surface area contributed by atoms with Gasteiger partial charge in [0.05, 0.1) is 26.7 Å². The molecule has 6 heteroatoms. The van der Waals surface area contributed by atoms with Gasteiger partial charge in [-0.3, -0.25) is 14.5 Å². The summed E-state index contributed by atoms with van der Waals surface area (Å²) in [6.45, 7) is 0.428. The lowest BCUT2D eigenvalue weighted by Crippen LogP contribution is -2.36. The largest absolute Gasteiger partial charge is 0.493 e. The van der Waals surface area contributed by atoms with Gasteiger partial charge in [-0.2, -0.15) is 0 Å². The van der Waals surface area contributed by atoms with Gasteiger partial charge in [-0.1, -0.05) is 12.1 Å². The summed E-state index contributed by atoms with van der Waals surface area (Å²) in [5.74, 6) is 0.910. The number of ether oxygens (including phenoxy) is 2. The topological polar surface area (TPSA) is 67.9 Å². The smallest absolute Gasteiger partial charge is 0.246 e. The number of imide groups is 1. The molecule has 2 rings (SSSR count). The Bertz CT molecular complexity index is 530. The highest BCUT2D eigenvalue weighted by atomic mass is 16.5. The Morgan fingerprint density at radius 1 is 1.30 bits per heavy atom. The number of amides is 2. The van der Waals surface area contributed by atoms with Crippen molar-refractivity contribution in [2.75, 3.05) is 21.3 Å². The molecule has 2 amide bonds. The van der Waals surface area contributed by atoms with Crippen molar-refractivity contribution in [3.05, 3.63) is 23.8 Å². The number of methoxy groups -OCH3 is 2. The molecule has 0 bridgehead atoms. The summed E-state index contributed by atoms with van der Waals surface area (Å²) in [5.41, 5.74) is 0.877. The van der Waals surface area contributed by atoms with E-state index in [4.69, 9.17) is 9.47 Å². The van der Waals surface area contributed by atoms with Gasteiger partial charge in [0.1, 0.15) is 0 Å². The molecule has 0 aromatic heterocycles. The molecule has 1 aromatic carbocycles. The highest BCUT2D eigenvalue weighted by Gasteiger charge is 2.35. The minimum atomic E-state index is -0.469. The molecular weight excluding hydrogens is 260 g/mol. The Kier molecular flexibility index (Phi) is 4.24. The maximum Gasteiger partial charge on any atom is 0.246 e. The zero-order valence-electron chi connectivity index (χ0n) is 11.8. The predicted octanol–water partition coefficient (Wildman–Crippen LogP) is 0.551. The van der Waals surface area contributed by atoms with E-state index in [0.717, 1.165) is 10.5 Å². The van der Waals surface area contributed by atoms with E-state index in [9.17, 15) is 9.59 Å². The number of carbonyl (C=O) groups is 2. The molecule has 1 unspecified atom stereocenters. The van der Waals surface area contributed by atoms with Gasteiger partial charge in [0, 0.05) is 19.2 Å². The molecule has 1 fully saturated rings. The quantitative estimate of drug-likeness (QED) is 0.797. The predicted molar refractivity (Wildman–Crippen MR) is 72.6 cm³/mol. The third kappa shape index (κ3) is 2.60. The lowest BCUT2D eigenvalue weighted by molar-refractivity contribution is -0.137. The molecule has 0 aliphatic carbocycles. The second-order valence-corrected chi connectivity index (χ2v) is 4.58. The van der Waals surface area contributed by atoms with E-state index in [-0.39, 0.29) is 18.2 Å². The number of hydrogen-bond acceptors (Lipinski definition) is 5. The van der Waals surface area contributed by atoms with Crippen LogP contribution in [0.4, 0.5) is 0 Å². The molecule has 1 aromatic rings. The number of carbonyl (C=O) groups excluding carboxylic acids is 2. The van der Waals surface area contributed by atoms with E-state index in [1.165, 1.54) is 7.05 Å². The van der Waals surface area contributed by atoms with Crippen LogP contribution in [0.1, 0.15) is 12.0 Å². The van der Waals surface area contributed by atoms with E-state index in [0.29, 0.717) is 18.0 Å². The van der Waals surface area contributed by atoms with Gasteiger partial charge in [0.2, 0.25) is 11.8 Å². The molecule has 1 N–H and O–H groups in total. The fourth-order valence-electron chi connectivity index (χ4n) is 2.24. The zero-order chi connectivity index (χ0) is 14.7. The van der Waals surface area contributed by atoms with Gasteiger partial charge in [-0.25, -0.2) is 0 Å². The Hall–Kier alpha value is -2.08. The molecule has 1 atom stereocenters. The van der Waals surface area contributed by atoms with Gasteiger partial charge in [-0.05, 0) is 6.07 Å². The monoisotopic (exact) mass is 278 g/mol. The summed E-state index contributed by atoms with van der Waals surface area (Å²) in [4.78, 5) is 24.4. The van der Waals surface area contributed by atoms with Crippen LogP contribution >= 0.6 is 0 Å². The first-order chi connectivity index (χ1) is 9.58. The van der Waals surface area contributed by atoms with Crippen LogP contribution in [0.25, 0.3) is 0 Å². The van der Waals surface area contributed by atoms with E-state index < -0.39 is 6.04 Å². The number of benzene rings is 1. The van der Waals surface area contributed by atoms with Crippen molar-refractivity contribution in [1.82, 2.24) is 10.2 Å². The average molecular weight is 278 g/mol. The lowest BCUT2D eigenvalue weighted by Gasteiger charge is -2.15. The molecule has 0 saturated carbocycles. The summed E-state index contributed by atoms with van der Waals surface area (Å²) >= 11 is 0. The van der Waals surface area contributed by atoms with Crippen LogP contribution in [0.15, 0.2) is 18.2 Å². The Morgan fingerprint density at radius 2 is 2.05 bits per heavy atom. The first-order valence-electron chi connectivity index (χ1n) is 6.32. The van der Waals surface area contributed by atoms with Crippen molar-refractivity contribution in [2.45, 2.75) is 19.0 Å². The van der Waals surface area contributed by atoms with Gasteiger partial charge >= 0.3 is 0 Å². The standard InChI is InChI=1S/C14H18N2O4/c1-16-12(17)7-10(14(16)18)15-8-9-5-4-6-11(19-2)13(9)20-3/h4-6,10,15H,7-8H2,1-3H3. The van der Waals surface area contributed by atoms with E-state index in [1.54, 1.807) is 20.3 Å². The first-order valence-corrected chi connectivity index (χ1v) is 6.32. The molecule has 20 heavy (non-hydrogen) atoms. The van der Waals surface area contributed by atoms with Crippen molar-refractivity contribution in [1.29, 1.82) is 0 Å². The van der Waals surface area contributed by atoms with E-state index >= 15 is 0 Å². The van der Waals surface area contributed by atoms with Crippen molar-refractivity contribution >= 4 is 11.8 Å². The fraction of sp³-hybridized carbons (Fsp3) is 0.429. The average Bonchev–Trinajstić information content (AvgIpc) is 2.71. The number of hydrogen-bond donors (Lipinski definition) is 1. The zero-order valence-corrected chi connectivity index (χ0v) is 11.8. The highest BCUT2D eigenvalue weighted by Crippen LogP contribution is 2.30. The van der Waals surface area contributed by atoms with E-state index in [1.807, 2.05) is 12.1 Å².